The van der Waals surface area contributed by atoms with E-state index in [9.17, 15) is 4.79 Å². The number of carbonyl (C=O) groups is 1. The van der Waals surface area contributed by atoms with Crippen molar-refractivity contribution < 1.29 is 14.3 Å². The molecule has 0 aromatic heterocycles. The second-order valence-corrected chi connectivity index (χ2v) is 5.15. The van der Waals surface area contributed by atoms with Crippen molar-refractivity contribution in [1.29, 1.82) is 0 Å². The SMILES string of the molecule is CCOC(CC(=O)OC(C)(C)C)c1ccccc1. The van der Waals surface area contributed by atoms with Gasteiger partial charge in [0.05, 0.1) is 12.5 Å². The van der Waals surface area contributed by atoms with Crippen LogP contribution in [-0.2, 0) is 14.3 Å². The predicted octanol–water partition coefficient (Wildman–Crippen LogP) is 3.50. The van der Waals surface area contributed by atoms with Gasteiger partial charge in [-0.3, -0.25) is 4.79 Å². The van der Waals surface area contributed by atoms with Gasteiger partial charge in [0.2, 0.25) is 0 Å². The topological polar surface area (TPSA) is 35.5 Å². The molecule has 0 aliphatic rings. The number of ether oxygens (including phenoxy) is 2. The molecule has 3 heteroatoms. The van der Waals surface area contributed by atoms with Crippen molar-refractivity contribution in [3.05, 3.63) is 35.9 Å². The fourth-order valence-corrected chi connectivity index (χ4v) is 1.68. The Morgan fingerprint density at radius 3 is 2.33 bits per heavy atom. The zero-order valence-electron chi connectivity index (χ0n) is 11.6. The molecule has 0 aliphatic heterocycles. The smallest absolute Gasteiger partial charge is 0.309 e. The normalized spacial score (nSPS) is 13.1. The number of carbonyl (C=O) groups excluding carboxylic acids is 1. The van der Waals surface area contributed by atoms with Crippen molar-refractivity contribution in [3.63, 3.8) is 0 Å². The number of benzene rings is 1. The fraction of sp³-hybridized carbons (Fsp3) is 0.533. The van der Waals surface area contributed by atoms with E-state index in [-0.39, 0.29) is 18.5 Å². The second kappa shape index (κ2) is 6.55. The maximum atomic E-state index is 11.8. The van der Waals surface area contributed by atoms with Crippen molar-refractivity contribution in [3.8, 4) is 0 Å². The van der Waals surface area contributed by atoms with Gasteiger partial charge < -0.3 is 9.47 Å². The van der Waals surface area contributed by atoms with Gasteiger partial charge >= 0.3 is 5.97 Å². The summed E-state index contributed by atoms with van der Waals surface area (Å²) >= 11 is 0. The molecule has 0 saturated carbocycles. The van der Waals surface area contributed by atoms with E-state index in [0.717, 1.165) is 5.56 Å². The first-order valence-corrected chi connectivity index (χ1v) is 6.31. The van der Waals surface area contributed by atoms with Crippen LogP contribution >= 0.6 is 0 Å². The molecule has 1 unspecified atom stereocenters. The minimum absolute atomic E-state index is 0.231. The van der Waals surface area contributed by atoms with Crippen molar-refractivity contribution in [2.24, 2.45) is 0 Å². The first-order chi connectivity index (χ1) is 8.42. The van der Waals surface area contributed by atoms with Crippen LogP contribution in [-0.4, -0.2) is 18.2 Å². The van der Waals surface area contributed by atoms with Crippen LogP contribution in [0.4, 0.5) is 0 Å². The van der Waals surface area contributed by atoms with Gasteiger partial charge in [-0.05, 0) is 33.3 Å². The quantitative estimate of drug-likeness (QED) is 0.750. The van der Waals surface area contributed by atoms with Crippen LogP contribution in [0.2, 0.25) is 0 Å². The zero-order chi connectivity index (χ0) is 13.6. The first-order valence-electron chi connectivity index (χ1n) is 6.31. The molecule has 1 atom stereocenters. The highest BCUT2D eigenvalue weighted by atomic mass is 16.6. The van der Waals surface area contributed by atoms with Gasteiger partial charge in [-0.2, -0.15) is 0 Å². The van der Waals surface area contributed by atoms with E-state index < -0.39 is 5.60 Å². The molecule has 0 spiro atoms. The summed E-state index contributed by atoms with van der Waals surface area (Å²) in [4.78, 5) is 11.8. The van der Waals surface area contributed by atoms with Gasteiger partial charge in [-0.15, -0.1) is 0 Å². The molecule has 3 nitrogen and oxygen atoms in total. The van der Waals surface area contributed by atoms with Crippen LogP contribution in [0.1, 0.15) is 45.8 Å². The van der Waals surface area contributed by atoms with Crippen LogP contribution in [0, 0.1) is 0 Å². The highest BCUT2D eigenvalue weighted by Gasteiger charge is 2.21. The van der Waals surface area contributed by atoms with Crippen molar-refractivity contribution in [1.82, 2.24) is 0 Å². The Morgan fingerprint density at radius 1 is 1.22 bits per heavy atom. The van der Waals surface area contributed by atoms with Crippen LogP contribution < -0.4 is 0 Å². The standard InChI is InChI=1S/C15H22O3/c1-5-17-13(12-9-7-6-8-10-12)11-14(16)18-15(2,3)4/h6-10,13H,5,11H2,1-4H3. The third-order valence-corrected chi connectivity index (χ3v) is 2.31. The molecule has 0 radical (unpaired) electrons. The maximum Gasteiger partial charge on any atom is 0.309 e. The largest absolute Gasteiger partial charge is 0.460 e. The predicted molar refractivity (Wildman–Crippen MR) is 71.3 cm³/mol. The van der Waals surface area contributed by atoms with Crippen LogP contribution in [0.5, 0.6) is 0 Å². The number of hydrogen-bond acceptors (Lipinski definition) is 3. The van der Waals surface area contributed by atoms with E-state index in [1.807, 2.05) is 58.0 Å². The summed E-state index contributed by atoms with van der Waals surface area (Å²) < 4.78 is 10.9. The molecule has 0 bridgehead atoms. The molecule has 1 aromatic rings. The highest BCUT2D eigenvalue weighted by Crippen LogP contribution is 2.22. The lowest BCUT2D eigenvalue weighted by atomic mass is 10.1. The van der Waals surface area contributed by atoms with Crippen molar-refractivity contribution >= 4 is 5.97 Å². The second-order valence-electron chi connectivity index (χ2n) is 5.15. The molecule has 0 saturated heterocycles. The Labute approximate surface area is 109 Å². The van der Waals surface area contributed by atoms with E-state index in [4.69, 9.17) is 9.47 Å². The average Bonchev–Trinajstić information content (AvgIpc) is 2.27. The third kappa shape index (κ3) is 5.32. The molecule has 18 heavy (non-hydrogen) atoms. The van der Waals surface area contributed by atoms with Gasteiger partial charge in [0.25, 0.3) is 0 Å². The minimum atomic E-state index is -0.454. The van der Waals surface area contributed by atoms with Crippen molar-refractivity contribution in [2.45, 2.75) is 45.8 Å². The lowest BCUT2D eigenvalue weighted by molar-refractivity contribution is -0.158. The molecule has 0 N–H and O–H groups in total. The summed E-state index contributed by atoms with van der Waals surface area (Å²) in [7, 11) is 0. The van der Waals surface area contributed by atoms with Gasteiger partial charge in [-0.25, -0.2) is 0 Å². The third-order valence-electron chi connectivity index (χ3n) is 2.31. The fourth-order valence-electron chi connectivity index (χ4n) is 1.68. The first kappa shape index (κ1) is 14.7. The molecule has 0 aliphatic carbocycles. The summed E-state index contributed by atoms with van der Waals surface area (Å²) in [5.74, 6) is -0.232. The molecule has 0 amide bonds. The maximum absolute atomic E-state index is 11.8. The summed E-state index contributed by atoms with van der Waals surface area (Å²) in [6.45, 7) is 8.09. The van der Waals surface area contributed by atoms with Gasteiger partial charge in [0.1, 0.15) is 5.60 Å². The van der Waals surface area contributed by atoms with E-state index in [2.05, 4.69) is 0 Å². The van der Waals surface area contributed by atoms with Crippen molar-refractivity contribution in [2.75, 3.05) is 6.61 Å². The molecule has 0 fully saturated rings. The minimum Gasteiger partial charge on any atom is -0.460 e. The Bertz CT molecular complexity index is 365. The molecule has 100 valence electrons. The average molecular weight is 250 g/mol. The van der Waals surface area contributed by atoms with Gasteiger partial charge in [0.15, 0.2) is 0 Å². The van der Waals surface area contributed by atoms with E-state index in [1.54, 1.807) is 0 Å². The van der Waals surface area contributed by atoms with Crippen LogP contribution in [0.15, 0.2) is 30.3 Å². The zero-order valence-corrected chi connectivity index (χ0v) is 11.6. The summed E-state index contributed by atoms with van der Waals surface area (Å²) in [6, 6.07) is 9.75. The van der Waals surface area contributed by atoms with Gasteiger partial charge in [0, 0.05) is 6.61 Å². The van der Waals surface area contributed by atoms with Crippen LogP contribution in [0.25, 0.3) is 0 Å². The summed E-state index contributed by atoms with van der Waals surface area (Å²) in [6.07, 6.45) is 0.0147. The van der Waals surface area contributed by atoms with E-state index in [1.165, 1.54) is 0 Å². The molecular weight excluding hydrogens is 228 g/mol. The lowest BCUT2D eigenvalue weighted by Gasteiger charge is -2.22. The Hall–Kier alpha value is -1.35. The Morgan fingerprint density at radius 2 is 1.83 bits per heavy atom. The molecule has 1 aromatic carbocycles. The summed E-state index contributed by atoms with van der Waals surface area (Å²) in [5.41, 5.74) is 0.551. The van der Waals surface area contributed by atoms with Gasteiger partial charge in [-0.1, -0.05) is 30.3 Å². The van der Waals surface area contributed by atoms with Crippen LogP contribution in [0.3, 0.4) is 0 Å². The molecule has 0 heterocycles. The Kier molecular flexibility index (Phi) is 5.35. The van der Waals surface area contributed by atoms with E-state index >= 15 is 0 Å². The Balaban J connectivity index is 2.67. The monoisotopic (exact) mass is 250 g/mol. The summed E-state index contributed by atoms with van der Waals surface area (Å²) in [5, 5.41) is 0. The molecule has 1 rings (SSSR count). The number of hydrogen-bond donors (Lipinski definition) is 0. The highest BCUT2D eigenvalue weighted by molar-refractivity contribution is 5.70. The van der Waals surface area contributed by atoms with E-state index in [0.29, 0.717) is 6.61 Å². The molecular formula is C15H22O3. The number of rotatable bonds is 5. The lowest BCUT2D eigenvalue weighted by Crippen LogP contribution is -2.25. The number of esters is 1.